The maximum Gasteiger partial charge on any atom is 0.320 e. The summed E-state index contributed by atoms with van der Waals surface area (Å²) in [5.41, 5.74) is -0.205. The molecule has 0 aromatic heterocycles. The second-order valence-corrected chi connectivity index (χ2v) is 6.21. The van der Waals surface area contributed by atoms with Gasteiger partial charge in [0, 0.05) is 4.32 Å². The average molecular weight is 277 g/mol. The monoisotopic (exact) mass is 276 g/mol. The molecule has 0 heterocycles. The minimum atomic E-state index is -0.744. The summed E-state index contributed by atoms with van der Waals surface area (Å²) in [7, 11) is 2.60. The van der Waals surface area contributed by atoms with E-state index in [1.165, 1.54) is 14.2 Å². The van der Waals surface area contributed by atoms with Gasteiger partial charge in [-0.1, -0.05) is 15.9 Å². The molecule has 3 fully saturated rings. The molecular weight excluding hydrogens is 264 g/mol. The second kappa shape index (κ2) is 3.20. The summed E-state index contributed by atoms with van der Waals surface area (Å²) in [6.07, 6.45) is 2.57. The van der Waals surface area contributed by atoms with Crippen molar-refractivity contribution in [3.05, 3.63) is 0 Å². The molecule has 2 bridgehead atoms. The summed E-state index contributed by atoms with van der Waals surface area (Å²) in [6, 6.07) is 0. The molecule has 3 aliphatic rings. The van der Waals surface area contributed by atoms with Crippen LogP contribution in [0.3, 0.4) is 0 Å². The quantitative estimate of drug-likeness (QED) is 0.443. The summed E-state index contributed by atoms with van der Waals surface area (Å²) in [5.74, 6) is -1.70. The van der Waals surface area contributed by atoms with E-state index < -0.39 is 17.9 Å². The van der Waals surface area contributed by atoms with Gasteiger partial charge in [0.05, 0.1) is 14.2 Å². The van der Waals surface area contributed by atoms with E-state index in [0.717, 1.165) is 19.3 Å². The molecule has 0 spiro atoms. The minimum absolute atomic E-state index is 0.174. The van der Waals surface area contributed by atoms with Crippen LogP contribution >= 0.6 is 15.9 Å². The van der Waals surface area contributed by atoms with Crippen LogP contribution in [0.5, 0.6) is 0 Å². The number of carbonyl (C=O) groups is 2. The fraction of sp³-hybridized carbons (Fsp3) is 0.800. The van der Waals surface area contributed by atoms with Crippen molar-refractivity contribution in [2.75, 3.05) is 14.2 Å². The van der Waals surface area contributed by atoms with Gasteiger partial charge in [0.2, 0.25) is 0 Å². The predicted molar refractivity (Wildman–Crippen MR) is 55.5 cm³/mol. The predicted octanol–water partition coefficient (Wildman–Crippen LogP) is 1.27. The molecule has 0 N–H and O–H groups in total. The number of halogens is 1. The van der Waals surface area contributed by atoms with Crippen LogP contribution in [0.2, 0.25) is 0 Å². The molecule has 0 aliphatic heterocycles. The molecule has 15 heavy (non-hydrogen) atoms. The van der Waals surface area contributed by atoms with Gasteiger partial charge in [0.25, 0.3) is 0 Å². The Balaban J connectivity index is 2.14. The highest BCUT2D eigenvalue weighted by Gasteiger charge is 2.72. The van der Waals surface area contributed by atoms with Crippen molar-refractivity contribution in [3.63, 3.8) is 0 Å². The number of carbonyl (C=O) groups excluding carboxylic acids is 2. The molecule has 0 atom stereocenters. The number of esters is 2. The van der Waals surface area contributed by atoms with Crippen LogP contribution in [0.25, 0.3) is 0 Å². The first-order chi connectivity index (χ1) is 6.96. The first-order valence-electron chi connectivity index (χ1n) is 4.81. The summed E-state index contributed by atoms with van der Waals surface area (Å²) >= 11 is 3.57. The van der Waals surface area contributed by atoms with Crippen LogP contribution in [0.15, 0.2) is 0 Å². The van der Waals surface area contributed by atoms with Crippen molar-refractivity contribution in [1.82, 2.24) is 0 Å². The fourth-order valence-electron chi connectivity index (χ4n) is 2.88. The lowest BCUT2D eigenvalue weighted by molar-refractivity contribution is -0.188. The molecule has 0 radical (unpaired) electrons. The molecule has 3 aliphatic carbocycles. The topological polar surface area (TPSA) is 52.6 Å². The molecule has 0 amide bonds. The van der Waals surface area contributed by atoms with Crippen LogP contribution in [-0.4, -0.2) is 30.5 Å². The van der Waals surface area contributed by atoms with Gasteiger partial charge in [-0.05, 0) is 24.7 Å². The smallest absolute Gasteiger partial charge is 0.320 e. The molecule has 3 rings (SSSR count). The third-order valence-corrected chi connectivity index (χ3v) is 4.33. The Labute approximate surface area is 96.4 Å². The Morgan fingerprint density at radius 2 is 1.53 bits per heavy atom. The van der Waals surface area contributed by atoms with Gasteiger partial charge >= 0.3 is 11.9 Å². The normalized spacial score (nSPS) is 36.5. The molecule has 0 aromatic rings. The molecular formula is C10H13BrO4. The summed E-state index contributed by atoms with van der Waals surface area (Å²) < 4.78 is 9.49. The number of hydrogen-bond acceptors (Lipinski definition) is 4. The Hall–Kier alpha value is -0.580. The van der Waals surface area contributed by atoms with Gasteiger partial charge < -0.3 is 9.47 Å². The Morgan fingerprint density at radius 3 is 1.80 bits per heavy atom. The van der Waals surface area contributed by atoms with Gasteiger partial charge in [-0.2, -0.15) is 0 Å². The maximum absolute atomic E-state index is 11.5. The van der Waals surface area contributed by atoms with Crippen LogP contribution in [-0.2, 0) is 19.1 Å². The van der Waals surface area contributed by atoms with E-state index in [1.807, 2.05) is 0 Å². The summed E-state index contributed by atoms with van der Waals surface area (Å²) in [4.78, 5) is 23.1. The standard InChI is InChI=1S/C10H13BrO4/c1-14-7(12)6(8(13)15-2)9-3-10(11,4-9)5-9/h6H,3-5H2,1-2H3. The second-order valence-electron chi connectivity index (χ2n) is 4.52. The van der Waals surface area contributed by atoms with E-state index in [-0.39, 0.29) is 9.74 Å². The number of ether oxygens (including phenoxy) is 2. The Bertz CT molecular complexity index is 290. The zero-order valence-electron chi connectivity index (χ0n) is 8.71. The maximum atomic E-state index is 11.5. The van der Waals surface area contributed by atoms with Crippen molar-refractivity contribution in [2.45, 2.75) is 23.6 Å². The minimum Gasteiger partial charge on any atom is -0.468 e. The first kappa shape index (κ1) is 10.9. The highest BCUT2D eigenvalue weighted by atomic mass is 79.9. The highest BCUT2D eigenvalue weighted by Crippen LogP contribution is 2.74. The first-order valence-corrected chi connectivity index (χ1v) is 5.60. The van der Waals surface area contributed by atoms with Crippen molar-refractivity contribution < 1.29 is 19.1 Å². The number of hydrogen-bond donors (Lipinski definition) is 0. The molecule has 5 heteroatoms. The third kappa shape index (κ3) is 1.40. The number of alkyl halides is 1. The number of methoxy groups -OCH3 is 2. The molecule has 0 saturated heterocycles. The van der Waals surface area contributed by atoms with Crippen molar-refractivity contribution >= 4 is 27.9 Å². The number of rotatable bonds is 3. The van der Waals surface area contributed by atoms with Gasteiger partial charge in [0.15, 0.2) is 5.92 Å². The molecule has 0 unspecified atom stereocenters. The van der Waals surface area contributed by atoms with Crippen molar-refractivity contribution in [3.8, 4) is 0 Å². The highest BCUT2D eigenvalue weighted by molar-refractivity contribution is 9.10. The van der Waals surface area contributed by atoms with Gasteiger partial charge in [-0.3, -0.25) is 9.59 Å². The SMILES string of the molecule is COC(=O)C(C(=O)OC)C12CC(Br)(C1)C2. The van der Waals surface area contributed by atoms with Crippen LogP contribution in [0.1, 0.15) is 19.3 Å². The lowest BCUT2D eigenvalue weighted by Gasteiger charge is -2.69. The Kier molecular flexibility index (Phi) is 2.33. The van der Waals surface area contributed by atoms with Crippen LogP contribution in [0.4, 0.5) is 0 Å². The molecule has 84 valence electrons. The molecule has 3 saturated carbocycles. The molecule has 4 nitrogen and oxygen atoms in total. The lowest BCUT2D eigenvalue weighted by Crippen LogP contribution is -2.69. The van der Waals surface area contributed by atoms with E-state index in [1.54, 1.807) is 0 Å². The zero-order chi connectivity index (χ0) is 11.3. The van der Waals surface area contributed by atoms with Gasteiger partial charge in [-0.15, -0.1) is 0 Å². The van der Waals surface area contributed by atoms with E-state index in [9.17, 15) is 9.59 Å². The van der Waals surface area contributed by atoms with Crippen LogP contribution < -0.4 is 0 Å². The summed E-state index contributed by atoms with van der Waals surface area (Å²) in [5, 5.41) is 0. The molecule has 0 aromatic carbocycles. The van der Waals surface area contributed by atoms with Gasteiger partial charge in [-0.25, -0.2) is 0 Å². The average Bonchev–Trinajstić information content (AvgIpc) is 2.12. The van der Waals surface area contributed by atoms with Gasteiger partial charge in [0.1, 0.15) is 0 Å². The van der Waals surface area contributed by atoms with Crippen molar-refractivity contribution in [2.24, 2.45) is 11.3 Å². The van der Waals surface area contributed by atoms with E-state index in [2.05, 4.69) is 25.4 Å². The zero-order valence-corrected chi connectivity index (χ0v) is 10.3. The van der Waals surface area contributed by atoms with E-state index in [4.69, 9.17) is 0 Å². The fourth-order valence-corrected chi connectivity index (χ4v) is 4.55. The summed E-state index contributed by atoms with van der Waals surface area (Å²) in [6.45, 7) is 0. The van der Waals surface area contributed by atoms with Crippen molar-refractivity contribution in [1.29, 1.82) is 0 Å². The third-order valence-electron chi connectivity index (χ3n) is 3.49. The largest absolute Gasteiger partial charge is 0.468 e. The van der Waals surface area contributed by atoms with E-state index in [0.29, 0.717) is 0 Å². The lowest BCUT2D eigenvalue weighted by atomic mass is 9.40. The Morgan fingerprint density at radius 1 is 1.13 bits per heavy atom. The van der Waals surface area contributed by atoms with E-state index >= 15 is 0 Å². The van der Waals surface area contributed by atoms with Crippen LogP contribution in [0, 0.1) is 11.3 Å².